The molecule has 94 valence electrons. The summed E-state index contributed by atoms with van der Waals surface area (Å²) in [5.74, 6) is 0.130. The Morgan fingerprint density at radius 2 is 2.00 bits per heavy atom. The van der Waals surface area contributed by atoms with E-state index in [1.165, 1.54) is 3.57 Å². The molecule has 3 nitrogen and oxygen atoms in total. The van der Waals surface area contributed by atoms with Crippen LogP contribution in [0.15, 0.2) is 24.3 Å². The van der Waals surface area contributed by atoms with Crippen LogP contribution in [-0.4, -0.2) is 37.6 Å². The van der Waals surface area contributed by atoms with E-state index in [9.17, 15) is 4.79 Å². The molecule has 0 saturated carbocycles. The summed E-state index contributed by atoms with van der Waals surface area (Å²) in [5, 5.41) is 0. The van der Waals surface area contributed by atoms with E-state index in [1.54, 1.807) is 4.90 Å². The first-order valence-corrected chi connectivity index (χ1v) is 6.77. The van der Waals surface area contributed by atoms with Crippen molar-refractivity contribution in [1.29, 1.82) is 0 Å². The Balaban J connectivity index is 2.40. The second kappa shape index (κ2) is 7.66. The number of hydrogen-bond donors (Lipinski definition) is 0. The van der Waals surface area contributed by atoms with Crippen molar-refractivity contribution < 1.29 is 9.53 Å². The second-order valence-electron chi connectivity index (χ2n) is 3.82. The summed E-state index contributed by atoms with van der Waals surface area (Å²) in [7, 11) is 1.81. The number of carbonyl (C=O) groups is 1. The van der Waals surface area contributed by atoms with E-state index in [4.69, 9.17) is 4.74 Å². The fraction of sp³-hybridized carbons (Fsp3) is 0.462. The van der Waals surface area contributed by atoms with Gasteiger partial charge in [-0.1, -0.05) is 12.1 Å². The summed E-state index contributed by atoms with van der Waals surface area (Å²) in [6, 6.07) is 8.03. The van der Waals surface area contributed by atoms with Gasteiger partial charge in [0.05, 0.1) is 13.0 Å². The smallest absolute Gasteiger partial charge is 0.226 e. The molecule has 0 fully saturated rings. The molecular weight excluding hydrogens is 329 g/mol. The molecule has 1 rings (SSSR count). The zero-order valence-electron chi connectivity index (χ0n) is 10.3. The van der Waals surface area contributed by atoms with E-state index in [1.807, 2.05) is 38.2 Å². The Morgan fingerprint density at radius 3 is 2.59 bits per heavy atom. The molecule has 17 heavy (non-hydrogen) atoms. The number of ether oxygens (including phenoxy) is 1. The Labute approximate surface area is 116 Å². The van der Waals surface area contributed by atoms with E-state index < -0.39 is 0 Å². The molecule has 0 aliphatic carbocycles. The Bertz CT molecular complexity index is 351. The maximum atomic E-state index is 11.9. The zero-order chi connectivity index (χ0) is 12.7. The third kappa shape index (κ3) is 5.50. The largest absolute Gasteiger partial charge is 0.380 e. The normalized spacial score (nSPS) is 10.3. The van der Waals surface area contributed by atoms with Gasteiger partial charge in [0.2, 0.25) is 5.91 Å². The van der Waals surface area contributed by atoms with Crippen molar-refractivity contribution in [3.8, 4) is 0 Å². The minimum absolute atomic E-state index is 0.130. The predicted molar refractivity (Wildman–Crippen MR) is 77.0 cm³/mol. The quantitative estimate of drug-likeness (QED) is 0.584. The molecule has 0 aromatic heterocycles. The van der Waals surface area contributed by atoms with Gasteiger partial charge in [-0.15, -0.1) is 0 Å². The van der Waals surface area contributed by atoms with Crippen LogP contribution in [0.1, 0.15) is 12.5 Å². The fourth-order valence-corrected chi connectivity index (χ4v) is 1.74. The predicted octanol–water partition coefficient (Wildman–Crippen LogP) is 2.33. The standard InChI is InChI=1S/C13H18INO2/c1-3-17-9-8-15(2)13(16)10-11-4-6-12(14)7-5-11/h4-7H,3,8-10H2,1-2H3. The van der Waals surface area contributed by atoms with Gasteiger partial charge < -0.3 is 9.64 Å². The van der Waals surface area contributed by atoms with Gasteiger partial charge in [-0.05, 0) is 47.2 Å². The van der Waals surface area contributed by atoms with Crippen molar-refractivity contribution in [3.05, 3.63) is 33.4 Å². The van der Waals surface area contributed by atoms with Gasteiger partial charge in [0.1, 0.15) is 0 Å². The molecule has 0 aliphatic rings. The lowest BCUT2D eigenvalue weighted by Crippen LogP contribution is -2.31. The monoisotopic (exact) mass is 347 g/mol. The average molecular weight is 347 g/mol. The van der Waals surface area contributed by atoms with E-state index in [2.05, 4.69) is 22.6 Å². The molecule has 0 bridgehead atoms. The van der Waals surface area contributed by atoms with Crippen molar-refractivity contribution in [1.82, 2.24) is 4.90 Å². The Morgan fingerprint density at radius 1 is 1.35 bits per heavy atom. The highest BCUT2D eigenvalue weighted by Crippen LogP contribution is 2.08. The van der Waals surface area contributed by atoms with Gasteiger partial charge in [-0.3, -0.25) is 4.79 Å². The summed E-state index contributed by atoms with van der Waals surface area (Å²) in [5.41, 5.74) is 1.05. The van der Waals surface area contributed by atoms with Crippen molar-refractivity contribution >= 4 is 28.5 Å². The number of rotatable bonds is 6. The van der Waals surface area contributed by atoms with E-state index in [-0.39, 0.29) is 5.91 Å². The van der Waals surface area contributed by atoms with Gasteiger partial charge in [0, 0.05) is 23.8 Å². The zero-order valence-corrected chi connectivity index (χ0v) is 12.4. The first kappa shape index (κ1) is 14.4. The first-order valence-electron chi connectivity index (χ1n) is 5.69. The molecule has 0 N–H and O–H groups in total. The minimum Gasteiger partial charge on any atom is -0.380 e. The van der Waals surface area contributed by atoms with Crippen molar-refractivity contribution in [3.63, 3.8) is 0 Å². The Kier molecular flexibility index (Phi) is 6.50. The molecule has 0 radical (unpaired) electrons. The lowest BCUT2D eigenvalue weighted by Gasteiger charge is -2.16. The van der Waals surface area contributed by atoms with Crippen LogP contribution in [0.4, 0.5) is 0 Å². The number of carbonyl (C=O) groups excluding carboxylic acids is 1. The molecule has 0 saturated heterocycles. The van der Waals surface area contributed by atoms with Crippen LogP contribution < -0.4 is 0 Å². The highest BCUT2D eigenvalue weighted by atomic mass is 127. The molecule has 0 atom stereocenters. The van der Waals surface area contributed by atoms with Crippen molar-refractivity contribution in [2.75, 3.05) is 26.8 Å². The third-order valence-electron chi connectivity index (χ3n) is 2.47. The molecule has 0 spiro atoms. The van der Waals surface area contributed by atoms with Crippen LogP contribution in [0.5, 0.6) is 0 Å². The van der Waals surface area contributed by atoms with E-state index in [0.717, 1.165) is 5.56 Å². The summed E-state index contributed by atoms with van der Waals surface area (Å²) in [4.78, 5) is 13.6. The highest BCUT2D eigenvalue weighted by molar-refractivity contribution is 14.1. The van der Waals surface area contributed by atoms with Crippen molar-refractivity contribution in [2.45, 2.75) is 13.3 Å². The van der Waals surface area contributed by atoms with Crippen LogP contribution >= 0.6 is 22.6 Å². The summed E-state index contributed by atoms with van der Waals surface area (Å²) in [6.07, 6.45) is 0.458. The molecule has 4 heteroatoms. The van der Waals surface area contributed by atoms with Gasteiger partial charge >= 0.3 is 0 Å². The van der Waals surface area contributed by atoms with Gasteiger partial charge in [0.15, 0.2) is 0 Å². The maximum Gasteiger partial charge on any atom is 0.226 e. The maximum absolute atomic E-state index is 11.9. The highest BCUT2D eigenvalue weighted by Gasteiger charge is 2.09. The number of halogens is 1. The number of hydrogen-bond acceptors (Lipinski definition) is 2. The van der Waals surface area contributed by atoms with Gasteiger partial charge in [-0.25, -0.2) is 0 Å². The minimum atomic E-state index is 0.130. The third-order valence-corrected chi connectivity index (χ3v) is 3.19. The lowest BCUT2D eigenvalue weighted by atomic mass is 10.1. The molecule has 1 amide bonds. The molecule has 0 heterocycles. The number of amides is 1. The van der Waals surface area contributed by atoms with Crippen LogP contribution in [0.25, 0.3) is 0 Å². The second-order valence-corrected chi connectivity index (χ2v) is 5.06. The van der Waals surface area contributed by atoms with Crippen LogP contribution in [0.2, 0.25) is 0 Å². The molecule has 0 aliphatic heterocycles. The fourth-order valence-electron chi connectivity index (χ4n) is 1.38. The number of likely N-dealkylation sites (N-methyl/N-ethyl adjacent to an activating group) is 1. The van der Waals surface area contributed by atoms with E-state index in [0.29, 0.717) is 26.2 Å². The Hall–Kier alpha value is -0.620. The van der Waals surface area contributed by atoms with Crippen LogP contribution in [0, 0.1) is 3.57 Å². The van der Waals surface area contributed by atoms with E-state index >= 15 is 0 Å². The van der Waals surface area contributed by atoms with Gasteiger partial charge in [-0.2, -0.15) is 0 Å². The number of benzene rings is 1. The molecular formula is C13H18INO2. The summed E-state index contributed by atoms with van der Waals surface area (Å²) >= 11 is 2.25. The van der Waals surface area contributed by atoms with Crippen LogP contribution in [0.3, 0.4) is 0 Å². The molecule has 1 aromatic carbocycles. The summed E-state index contributed by atoms with van der Waals surface area (Å²) in [6.45, 7) is 3.90. The number of nitrogens with zero attached hydrogens (tertiary/aromatic N) is 1. The SMILES string of the molecule is CCOCCN(C)C(=O)Cc1ccc(I)cc1. The van der Waals surface area contributed by atoms with Crippen molar-refractivity contribution in [2.24, 2.45) is 0 Å². The average Bonchev–Trinajstić information content (AvgIpc) is 2.32. The lowest BCUT2D eigenvalue weighted by molar-refractivity contribution is -0.129. The molecule has 0 unspecified atom stereocenters. The topological polar surface area (TPSA) is 29.5 Å². The summed E-state index contributed by atoms with van der Waals surface area (Å²) < 4.78 is 6.41. The first-order chi connectivity index (χ1) is 8.13. The van der Waals surface area contributed by atoms with Gasteiger partial charge in [0.25, 0.3) is 0 Å². The van der Waals surface area contributed by atoms with Crippen LogP contribution in [-0.2, 0) is 16.0 Å². The molecule has 1 aromatic rings.